The number of imidazole rings is 1. The van der Waals surface area contributed by atoms with E-state index >= 15 is 0 Å². The van der Waals surface area contributed by atoms with Crippen molar-refractivity contribution in [3.05, 3.63) is 29.0 Å². The zero-order valence-electron chi connectivity index (χ0n) is 11.9. The topological polar surface area (TPSA) is 46.9 Å². The molecule has 1 aromatic heterocycles. The van der Waals surface area contributed by atoms with Crippen LogP contribution in [0.5, 0.6) is 0 Å². The van der Waals surface area contributed by atoms with Crippen molar-refractivity contribution in [2.45, 2.75) is 39.7 Å². The summed E-state index contributed by atoms with van der Waals surface area (Å²) in [4.78, 5) is 16.3. The van der Waals surface area contributed by atoms with Crippen LogP contribution in [-0.2, 0) is 6.54 Å². The van der Waals surface area contributed by atoms with Crippen molar-refractivity contribution in [2.24, 2.45) is 0 Å². The number of nitrogens with one attached hydrogen (secondary N) is 1. The number of hydrogen-bond donors (Lipinski definition) is 1. The number of aryl methyl sites for hydroxylation is 1. The van der Waals surface area contributed by atoms with E-state index in [0.717, 1.165) is 43.4 Å². The van der Waals surface area contributed by atoms with Gasteiger partial charge in [0.2, 0.25) is 5.28 Å². The Morgan fingerprint density at radius 1 is 1.35 bits per heavy atom. The molecule has 0 unspecified atom stereocenters. The predicted molar refractivity (Wildman–Crippen MR) is 82.3 cm³/mol. The highest BCUT2D eigenvalue weighted by molar-refractivity contribution is 6.29. The van der Waals surface area contributed by atoms with Crippen LogP contribution in [0, 0.1) is 0 Å². The zero-order valence-corrected chi connectivity index (χ0v) is 12.7. The highest BCUT2D eigenvalue weighted by atomic mass is 35.5. The molecule has 2 aromatic rings. The van der Waals surface area contributed by atoms with Gasteiger partial charge >= 0.3 is 0 Å². The van der Waals surface area contributed by atoms with Crippen molar-refractivity contribution < 1.29 is 4.79 Å². The molecule has 1 aromatic carbocycles. The summed E-state index contributed by atoms with van der Waals surface area (Å²) < 4.78 is 1.92. The predicted octanol–water partition coefficient (Wildman–Crippen LogP) is 3.63. The lowest BCUT2D eigenvalue weighted by molar-refractivity contribution is 0.0953. The van der Waals surface area contributed by atoms with Crippen LogP contribution in [0.4, 0.5) is 0 Å². The molecule has 0 aliphatic heterocycles. The van der Waals surface area contributed by atoms with E-state index in [0.29, 0.717) is 10.8 Å². The molecular weight excluding hydrogens is 274 g/mol. The van der Waals surface area contributed by atoms with Gasteiger partial charge in [0.15, 0.2) is 0 Å². The van der Waals surface area contributed by atoms with E-state index in [9.17, 15) is 4.79 Å². The molecule has 0 saturated carbocycles. The van der Waals surface area contributed by atoms with Gasteiger partial charge in [-0.1, -0.05) is 19.8 Å². The maximum absolute atomic E-state index is 12.0. The fourth-order valence-corrected chi connectivity index (χ4v) is 2.52. The molecular formula is C15H20ClN3O. The molecule has 1 heterocycles. The fraction of sp³-hybridized carbons (Fsp3) is 0.467. The number of benzene rings is 1. The Labute approximate surface area is 124 Å². The monoisotopic (exact) mass is 293 g/mol. The third kappa shape index (κ3) is 3.12. The average Bonchev–Trinajstić information content (AvgIpc) is 2.77. The first-order chi connectivity index (χ1) is 9.67. The maximum Gasteiger partial charge on any atom is 0.251 e. The van der Waals surface area contributed by atoms with Crippen LogP contribution in [-0.4, -0.2) is 22.0 Å². The van der Waals surface area contributed by atoms with Crippen LogP contribution in [0.15, 0.2) is 18.2 Å². The minimum atomic E-state index is -0.0508. The summed E-state index contributed by atoms with van der Waals surface area (Å²) in [7, 11) is 0. The first-order valence-corrected chi connectivity index (χ1v) is 7.49. The lowest BCUT2D eigenvalue weighted by atomic mass is 10.2. The number of rotatable bonds is 6. The number of fused-ring (bicyclic) bond motifs is 1. The Kier molecular flexibility index (Phi) is 5.01. The number of amides is 1. The van der Waals surface area contributed by atoms with Crippen molar-refractivity contribution >= 4 is 28.5 Å². The summed E-state index contributed by atoms with van der Waals surface area (Å²) >= 11 is 6.07. The number of carbonyl (C=O) groups is 1. The number of halogens is 1. The number of carbonyl (C=O) groups excluding carboxylic acids is 1. The molecule has 20 heavy (non-hydrogen) atoms. The van der Waals surface area contributed by atoms with E-state index in [-0.39, 0.29) is 5.91 Å². The van der Waals surface area contributed by atoms with E-state index in [2.05, 4.69) is 17.2 Å². The summed E-state index contributed by atoms with van der Waals surface area (Å²) in [6.45, 7) is 5.64. The van der Waals surface area contributed by atoms with Crippen molar-refractivity contribution in [1.29, 1.82) is 0 Å². The number of aromatic nitrogens is 2. The summed E-state index contributed by atoms with van der Waals surface area (Å²) in [6.07, 6.45) is 3.30. The summed E-state index contributed by atoms with van der Waals surface area (Å²) in [5, 5.41) is 3.39. The van der Waals surface area contributed by atoms with Gasteiger partial charge in [-0.15, -0.1) is 0 Å². The van der Waals surface area contributed by atoms with Gasteiger partial charge in [0, 0.05) is 18.7 Å². The van der Waals surface area contributed by atoms with Crippen LogP contribution in [0.1, 0.15) is 43.5 Å². The van der Waals surface area contributed by atoms with Crippen molar-refractivity contribution in [1.82, 2.24) is 14.9 Å². The van der Waals surface area contributed by atoms with Gasteiger partial charge < -0.3 is 9.88 Å². The Morgan fingerprint density at radius 2 is 2.15 bits per heavy atom. The molecule has 0 atom stereocenters. The van der Waals surface area contributed by atoms with E-state index in [1.54, 1.807) is 6.07 Å². The molecule has 0 radical (unpaired) electrons. The highest BCUT2D eigenvalue weighted by Crippen LogP contribution is 2.20. The first-order valence-electron chi connectivity index (χ1n) is 7.11. The Hall–Kier alpha value is -1.55. The molecule has 5 heteroatoms. The highest BCUT2D eigenvalue weighted by Gasteiger charge is 2.11. The average molecular weight is 294 g/mol. The second kappa shape index (κ2) is 6.75. The van der Waals surface area contributed by atoms with Gasteiger partial charge in [0.1, 0.15) is 0 Å². The standard InChI is InChI=1S/C15H20ClN3O/c1-3-5-6-9-17-14(20)11-7-8-13-12(10-11)18-15(16)19(13)4-2/h7-8,10H,3-6,9H2,1-2H3,(H,17,20). The number of hydrogen-bond acceptors (Lipinski definition) is 2. The van der Waals surface area contributed by atoms with E-state index < -0.39 is 0 Å². The Bertz CT molecular complexity index is 606. The van der Waals surface area contributed by atoms with E-state index in [4.69, 9.17) is 11.6 Å². The fourth-order valence-electron chi connectivity index (χ4n) is 2.22. The maximum atomic E-state index is 12.0. The molecule has 4 nitrogen and oxygen atoms in total. The second-order valence-corrected chi connectivity index (χ2v) is 5.13. The van der Waals surface area contributed by atoms with Gasteiger partial charge in [-0.05, 0) is 43.1 Å². The molecule has 0 saturated heterocycles. The van der Waals surface area contributed by atoms with Crippen molar-refractivity contribution in [3.63, 3.8) is 0 Å². The molecule has 0 bridgehead atoms. The van der Waals surface area contributed by atoms with Crippen LogP contribution < -0.4 is 5.32 Å². The molecule has 1 amide bonds. The third-order valence-corrected chi connectivity index (χ3v) is 3.63. The van der Waals surface area contributed by atoms with Crippen LogP contribution >= 0.6 is 11.6 Å². The first kappa shape index (κ1) is 14.9. The zero-order chi connectivity index (χ0) is 14.5. The van der Waals surface area contributed by atoms with Gasteiger partial charge in [-0.25, -0.2) is 4.98 Å². The minimum absolute atomic E-state index is 0.0508. The van der Waals surface area contributed by atoms with Crippen LogP contribution in [0.2, 0.25) is 5.28 Å². The molecule has 0 aliphatic carbocycles. The van der Waals surface area contributed by atoms with Crippen molar-refractivity contribution in [3.8, 4) is 0 Å². The largest absolute Gasteiger partial charge is 0.352 e. The van der Waals surface area contributed by atoms with Gasteiger partial charge in [0.05, 0.1) is 11.0 Å². The second-order valence-electron chi connectivity index (χ2n) is 4.79. The molecule has 2 rings (SSSR count). The molecule has 0 aliphatic rings. The van der Waals surface area contributed by atoms with Gasteiger partial charge in [0.25, 0.3) is 5.91 Å². The lowest BCUT2D eigenvalue weighted by Gasteiger charge is -2.05. The summed E-state index contributed by atoms with van der Waals surface area (Å²) in [5.41, 5.74) is 2.35. The summed E-state index contributed by atoms with van der Waals surface area (Å²) in [5.74, 6) is -0.0508. The quantitative estimate of drug-likeness (QED) is 0.827. The minimum Gasteiger partial charge on any atom is -0.352 e. The Morgan fingerprint density at radius 3 is 2.85 bits per heavy atom. The van der Waals surface area contributed by atoms with E-state index in [1.165, 1.54) is 0 Å². The number of nitrogens with zero attached hydrogens (tertiary/aromatic N) is 2. The van der Waals surface area contributed by atoms with Crippen LogP contribution in [0.3, 0.4) is 0 Å². The lowest BCUT2D eigenvalue weighted by Crippen LogP contribution is -2.24. The Balaban J connectivity index is 2.13. The van der Waals surface area contributed by atoms with Gasteiger partial charge in [-0.3, -0.25) is 4.79 Å². The number of unbranched alkanes of at least 4 members (excludes halogenated alkanes) is 2. The summed E-state index contributed by atoms with van der Waals surface area (Å²) in [6, 6.07) is 5.52. The van der Waals surface area contributed by atoms with Gasteiger partial charge in [-0.2, -0.15) is 0 Å². The third-order valence-electron chi connectivity index (χ3n) is 3.35. The normalized spacial score (nSPS) is 10.9. The molecule has 1 N–H and O–H groups in total. The van der Waals surface area contributed by atoms with E-state index in [1.807, 2.05) is 23.6 Å². The smallest absolute Gasteiger partial charge is 0.251 e. The van der Waals surface area contributed by atoms with Crippen LogP contribution in [0.25, 0.3) is 11.0 Å². The SMILES string of the molecule is CCCCCNC(=O)c1ccc2c(c1)nc(Cl)n2CC. The molecule has 0 fully saturated rings. The molecule has 108 valence electrons. The molecule has 0 spiro atoms. The van der Waals surface area contributed by atoms with Crippen molar-refractivity contribution in [2.75, 3.05) is 6.54 Å².